The summed E-state index contributed by atoms with van der Waals surface area (Å²) in [7, 11) is 1.78. The van der Waals surface area contributed by atoms with Crippen LogP contribution in [0.5, 0.6) is 0 Å². The van der Waals surface area contributed by atoms with Crippen LogP contribution in [0, 0.1) is 0 Å². The van der Waals surface area contributed by atoms with Gasteiger partial charge in [0.25, 0.3) is 0 Å². The third-order valence-corrected chi connectivity index (χ3v) is 3.41. The summed E-state index contributed by atoms with van der Waals surface area (Å²) < 4.78 is 0. The summed E-state index contributed by atoms with van der Waals surface area (Å²) in [6, 6.07) is 0. The van der Waals surface area contributed by atoms with Crippen molar-refractivity contribution in [2.75, 3.05) is 7.05 Å². The molecule has 0 amide bonds. The van der Waals surface area contributed by atoms with E-state index in [4.69, 9.17) is 0 Å². The molecule has 2 N–H and O–H groups in total. The van der Waals surface area contributed by atoms with Crippen LogP contribution in [0.1, 0.15) is 51.2 Å². The van der Waals surface area contributed by atoms with Gasteiger partial charge < -0.3 is 10.6 Å². The minimum atomic E-state index is 0. The number of aliphatic imine (C=N–C) groups is 1. The van der Waals surface area contributed by atoms with Crippen molar-refractivity contribution in [2.45, 2.75) is 52.6 Å². The Bertz CT molecular complexity index is 407. The summed E-state index contributed by atoms with van der Waals surface area (Å²) in [6.45, 7) is 11.4. The Hall–Kier alpha value is -0.370. The first-order chi connectivity index (χ1) is 8.31. The number of hydrogen-bond donors (Lipinski definition) is 2. The lowest BCUT2D eigenvalue weighted by atomic mass is 10.1. The second kappa shape index (κ2) is 8.04. The number of nitrogens with one attached hydrogen (secondary N) is 2. The first-order valence-corrected chi connectivity index (χ1v) is 7.13. The van der Waals surface area contributed by atoms with Crippen molar-refractivity contribution < 1.29 is 0 Å². The largest absolute Gasteiger partial charge is 0.352 e. The van der Waals surface area contributed by atoms with Crippen molar-refractivity contribution in [3.63, 3.8) is 0 Å². The van der Waals surface area contributed by atoms with Gasteiger partial charge in [-0.05, 0) is 20.8 Å². The Morgan fingerprint density at radius 1 is 1.42 bits per heavy atom. The van der Waals surface area contributed by atoms with Crippen molar-refractivity contribution in [2.24, 2.45) is 4.99 Å². The first-order valence-electron chi connectivity index (χ1n) is 6.25. The van der Waals surface area contributed by atoms with Gasteiger partial charge in [-0.1, -0.05) is 13.8 Å². The van der Waals surface area contributed by atoms with Crippen LogP contribution < -0.4 is 10.6 Å². The molecule has 0 atom stereocenters. The van der Waals surface area contributed by atoms with Crippen molar-refractivity contribution >= 4 is 41.3 Å². The van der Waals surface area contributed by atoms with E-state index in [1.165, 1.54) is 5.01 Å². The first kappa shape index (κ1) is 18.6. The molecule has 1 rings (SSSR count). The second-order valence-electron chi connectivity index (χ2n) is 5.63. The molecule has 0 radical (unpaired) electrons. The summed E-state index contributed by atoms with van der Waals surface area (Å²) in [4.78, 5) is 8.79. The molecule has 1 heterocycles. The summed E-state index contributed by atoms with van der Waals surface area (Å²) >= 11 is 1.72. The fourth-order valence-electron chi connectivity index (χ4n) is 1.38. The van der Waals surface area contributed by atoms with Crippen LogP contribution in [-0.2, 0) is 6.54 Å². The predicted octanol–water partition coefficient (Wildman–Crippen LogP) is 3.35. The Labute approximate surface area is 137 Å². The fraction of sp³-hybridized carbons (Fsp3) is 0.692. The van der Waals surface area contributed by atoms with Gasteiger partial charge in [-0.3, -0.25) is 4.99 Å². The molecule has 0 aromatic carbocycles. The molecule has 0 bridgehead atoms. The third kappa shape index (κ3) is 7.10. The number of hydrogen-bond acceptors (Lipinski definition) is 3. The molecule has 0 saturated heterocycles. The Kier molecular flexibility index (Phi) is 7.88. The molecule has 6 heteroatoms. The highest BCUT2D eigenvalue weighted by Crippen LogP contribution is 2.18. The highest BCUT2D eigenvalue weighted by molar-refractivity contribution is 14.0. The Morgan fingerprint density at radius 2 is 2.05 bits per heavy atom. The zero-order chi connectivity index (χ0) is 13.8. The maximum atomic E-state index is 4.59. The van der Waals surface area contributed by atoms with Crippen LogP contribution in [0.15, 0.2) is 10.4 Å². The molecule has 1 aromatic rings. The number of aromatic nitrogens is 1. The van der Waals surface area contributed by atoms with Crippen LogP contribution in [0.2, 0.25) is 0 Å². The smallest absolute Gasteiger partial charge is 0.191 e. The van der Waals surface area contributed by atoms with Gasteiger partial charge in [0.1, 0.15) is 0 Å². The summed E-state index contributed by atoms with van der Waals surface area (Å²) in [5.41, 5.74) is 1.08. The maximum absolute atomic E-state index is 4.59. The van der Waals surface area contributed by atoms with Gasteiger partial charge in [-0.2, -0.15) is 0 Å². The quantitative estimate of drug-likeness (QED) is 0.468. The van der Waals surface area contributed by atoms with Crippen molar-refractivity contribution in [1.29, 1.82) is 0 Å². The Morgan fingerprint density at radius 3 is 2.47 bits per heavy atom. The number of thiazole rings is 1. The van der Waals surface area contributed by atoms with Gasteiger partial charge in [0.2, 0.25) is 0 Å². The van der Waals surface area contributed by atoms with Crippen LogP contribution in [0.4, 0.5) is 0 Å². The van der Waals surface area contributed by atoms with Crippen LogP contribution >= 0.6 is 35.3 Å². The number of guanidine groups is 1. The lowest BCUT2D eigenvalue weighted by Gasteiger charge is -2.23. The molecule has 0 fully saturated rings. The van der Waals surface area contributed by atoms with E-state index in [9.17, 15) is 0 Å². The average molecular weight is 396 g/mol. The summed E-state index contributed by atoms with van der Waals surface area (Å²) in [5.74, 6) is 1.30. The minimum absolute atomic E-state index is 0. The summed E-state index contributed by atoms with van der Waals surface area (Å²) in [6.07, 6.45) is 0. The summed E-state index contributed by atoms with van der Waals surface area (Å²) in [5, 5.41) is 9.89. The zero-order valence-electron chi connectivity index (χ0n) is 12.6. The third-order valence-electron chi connectivity index (χ3n) is 2.22. The van der Waals surface area contributed by atoms with Gasteiger partial charge in [0.15, 0.2) is 5.96 Å². The molecule has 0 aliphatic carbocycles. The van der Waals surface area contributed by atoms with Crippen molar-refractivity contribution in [1.82, 2.24) is 15.6 Å². The molecule has 1 aromatic heterocycles. The average Bonchev–Trinajstić information content (AvgIpc) is 2.71. The van der Waals surface area contributed by atoms with Gasteiger partial charge in [0, 0.05) is 23.9 Å². The zero-order valence-corrected chi connectivity index (χ0v) is 15.7. The molecule has 0 unspecified atom stereocenters. The molecular formula is C13H25IN4S. The number of halogens is 1. The molecule has 0 aliphatic rings. The van der Waals surface area contributed by atoms with Crippen molar-refractivity contribution in [3.8, 4) is 0 Å². The van der Waals surface area contributed by atoms with E-state index >= 15 is 0 Å². The lowest BCUT2D eigenvalue weighted by Crippen LogP contribution is -2.47. The molecule has 19 heavy (non-hydrogen) atoms. The monoisotopic (exact) mass is 396 g/mol. The highest BCUT2D eigenvalue weighted by Gasteiger charge is 2.12. The molecule has 110 valence electrons. The van der Waals surface area contributed by atoms with Crippen LogP contribution in [0.3, 0.4) is 0 Å². The van der Waals surface area contributed by atoms with E-state index in [-0.39, 0.29) is 29.5 Å². The van der Waals surface area contributed by atoms with Crippen LogP contribution in [0.25, 0.3) is 0 Å². The number of nitrogens with zero attached hydrogens (tertiary/aromatic N) is 2. The van der Waals surface area contributed by atoms with E-state index in [0.29, 0.717) is 12.5 Å². The second-order valence-corrected chi connectivity index (χ2v) is 6.52. The van der Waals surface area contributed by atoms with E-state index in [0.717, 1.165) is 11.7 Å². The van der Waals surface area contributed by atoms with Gasteiger partial charge in [-0.15, -0.1) is 35.3 Å². The predicted molar refractivity (Wildman–Crippen MR) is 94.7 cm³/mol. The molecule has 0 saturated carbocycles. The molecular weight excluding hydrogens is 371 g/mol. The number of rotatable bonds is 3. The topological polar surface area (TPSA) is 49.3 Å². The molecule has 0 spiro atoms. The molecule has 0 aliphatic heterocycles. The SMILES string of the molecule is CN=C(NCc1csc(C(C)C)n1)NC(C)(C)C.I. The maximum Gasteiger partial charge on any atom is 0.191 e. The highest BCUT2D eigenvalue weighted by atomic mass is 127. The van der Waals surface area contributed by atoms with Crippen LogP contribution in [-0.4, -0.2) is 23.5 Å². The minimum Gasteiger partial charge on any atom is -0.352 e. The van der Waals surface area contributed by atoms with E-state index in [1.807, 2.05) is 0 Å². The van der Waals surface area contributed by atoms with Crippen molar-refractivity contribution in [3.05, 3.63) is 16.1 Å². The van der Waals surface area contributed by atoms with E-state index < -0.39 is 0 Å². The Balaban J connectivity index is 0.00000324. The lowest BCUT2D eigenvalue weighted by molar-refractivity contribution is 0.501. The van der Waals surface area contributed by atoms with E-state index in [2.05, 4.69) is 60.6 Å². The van der Waals surface area contributed by atoms with Gasteiger partial charge in [-0.25, -0.2) is 4.98 Å². The standard InChI is InChI=1S/C13H24N4S.HI/c1-9(2)11-16-10(8-18-11)7-15-12(14-6)17-13(3,4)5;/h8-9H,7H2,1-6H3,(H2,14,15,17);1H. The van der Waals surface area contributed by atoms with E-state index in [1.54, 1.807) is 18.4 Å². The molecule has 4 nitrogen and oxygen atoms in total. The van der Waals surface area contributed by atoms with Gasteiger partial charge in [0.05, 0.1) is 17.2 Å². The fourth-order valence-corrected chi connectivity index (χ4v) is 2.21. The van der Waals surface area contributed by atoms with Gasteiger partial charge >= 0.3 is 0 Å². The normalized spacial score (nSPS) is 12.3.